The monoisotopic (exact) mass is 1550 g/mol. The molecule has 0 unspecified atom stereocenters. The highest BCUT2D eigenvalue weighted by Gasteiger charge is 2.27. The second-order valence-electron chi connectivity index (χ2n) is 27.3. The number of nitrogens with zero attached hydrogens (tertiary/aromatic N) is 2. The minimum Gasteiger partial charge on any atom is -0.464 e. The van der Waals surface area contributed by atoms with Crippen LogP contribution in [-0.2, 0) is 57.3 Å². The van der Waals surface area contributed by atoms with Gasteiger partial charge in [0.2, 0.25) is 23.6 Å². The van der Waals surface area contributed by atoms with Gasteiger partial charge in [0.05, 0.1) is 49.4 Å². The van der Waals surface area contributed by atoms with Crippen molar-refractivity contribution >= 4 is 117 Å². The van der Waals surface area contributed by atoms with Gasteiger partial charge in [-0.05, 0) is 120 Å². The summed E-state index contributed by atoms with van der Waals surface area (Å²) >= 11 is 2.04. The number of hydrogen-bond acceptors (Lipinski definition) is 18. The van der Waals surface area contributed by atoms with Gasteiger partial charge in [-0.15, -0.1) is 23.5 Å². The van der Waals surface area contributed by atoms with E-state index in [-0.39, 0.29) is 114 Å². The van der Waals surface area contributed by atoms with Gasteiger partial charge in [-0.3, -0.25) is 38.4 Å². The summed E-state index contributed by atoms with van der Waals surface area (Å²) in [6, 6.07) is 21.5. The van der Waals surface area contributed by atoms with Crippen LogP contribution in [-0.4, -0.2) is 158 Å². The molecular formula is C83H120N8O16S2. The van der Waals surface area contributed by atoms with E-state index in [1.165, 1.54) is 64.1 Å². The number of unbranched alkanes of at least 4 members (excludes halogenated alkanes) is 20. The summed E-state index contributed by atoms with van der Waals surface area (Å²) in [6.45, 7) is 15.5. The minimum absolute atomic E-state index is 0.0504. The highest BCUT2D eigenvalue weighted by Crippen LogP contribution is 2.23. The number of thioether (sulfide) groups is 2. The molecule has 109 heavy (non-hydrogen) atoms. The topological polar surface area (TPSA) is 320 Å². The Morgan fingerprint density at radius 1 is 0.321 bits per heavy atom. The van der Waals surface area contributed by atoms with Gasteiger partial charge in [-0.25, -0.2) is 19.2 Å². The summed E-state index contributed by atoms with van der Waals surface area (Å²) in [5.41, 5.74) is 0.934. The van der Waals surface area contributed by atoms with Crippen molar-refractivity contribution in [2.75, 3.05) is 83.0 Å². The average Bonchev–Trinajstić information content (AvgIpc) is 0.831. The van der Waals surface area contributed by atoms with Gasteiger partial charge >= 0.3 is 23.9 Å². The van der Waals surface area contributed by atoms with Crippen LogP contribution in [0, 0.1) is 0 Å². The third-order valence-corrected chi connectivity index (χ3v) is 19.5. The fourth-order valence-corrected chi connectivity index (χ4v) is 12.8. The maximum atomic E-state index is 14.3. The number of benzene rings is 4. The first kappa shape index (κ1) is 92.6. The Morgan fingerprint density at radius 3 is 0.826 bits per heavy atom. The number of para-hydroxylation sites is 2. The Balaban J connectivity index is 1.44. The highest BCUT2D eigenvalue weighted by atomic mass is 32.2. The number of anilines is 4. The SMILES string of the molecule is CCCCCCCCOC(=O)[C@H](C)NC(=O)c1cc(NC(=O)CSCC(=O)N(CCCN(C(=O)CSCC(=O)Nc2cc(C(=O)N[C@@H](C)C(=O)OCCCCCCCC)cc(C(=O)N[C@@H](C)C(=O)OCCCCCCCC)c2)c2ccccc2)c2ccccc2)cc(C(=O)N[C@@H](C)C(=O)OCCCCCCCC)c1. The van der Waals surface area contributed by atoms with Crippen LogP contribution in [0.2, 0.25) is 0 Å². The van der Waals surface area contributed by atoms with E-state index in [0.717, 1.165) is 152 Å². The number of amides is 8. The van der Waals surface area contributed by atoms with E-state index >= 15 is 0 Å². The molecule has 600 valence electrons. The average molecular weight is 1550 g/mol. The molecule has 0 aliphatic carbocycles. The van der Waals surface area contributed by atoms with Gasteiger partial charge in [0.25, 0.3) is 23.6 Å². The summed E-state index contributed by atoms with van der Waals surface area (Å²) in [7, 11) is 0. The smallest absolute Gasteiger partial charge is 0.328 e. The Hall–Kier alpha value is -8.78. The van der Waals surface area contributed by atoms with E-state index in [4.69, 9.17) is 18.9 Å². The van der Waals surface area contributed by atoms with E-state index in [1.807, 2.05) is 0 Å². The summed E-state index contributed by atoms with van der Waals surface area (Å²) in [6.07, 6.45) is 24.1. The molecule has 0 saturated heterocycles. The molecule has 26 heteroatoms. The molecule has 0 fully saturated rings. The fraction of sp³-hybridized carbons (Fsp3) is 0.566. The normalized spacial score (nSPS) is 12.0. The molecule has 0 aliphatic rings. The maximum absolute atomic E-state index is 14.3. The molecule has 4 aromatic rings. The Morgan fingerprint density at radius 2 is 0.569 bits per heavy atom. The first-order chi connectivity index (χ1) is 52.6. The third kappa shape index (κ3) is 37.9. The van der Waals surface area contributed by atoms with Gasteiger partial charge in [0.15, 0.2) is 0 Å². The van der Waals surface area contributed by atoms with E-state index in [1.54, 1.807) is 70.5 Å². The molecule has 4 rings (SSSR count). The largest absolute Gasteiger partial charge is 0.464 e. The zero-order chi connectivity index (χ0) is 79.6. The second-order valence-corrected chi connectivity index (χ2v) is 29.3. The molecule has 0 spiro atoms. The molecule has 0 aromatic heterocycles. The van der Waals surface area contributed by atoms with Crippen LogP contribution in [0.4, 0.5) is 22.7 Å². The second kappa shape index (κ2) is 54.8. The number of hydrogen-bond donors (Lipinski definition) is 6. The lowest BCUT2D eigenvalue weighted by molar-refractivity contribution is -0.146. The van der Waals surface area contributed by atoms with Crippen LogP contribution in [0.15, 0.2) is 97.1 Å². The van der Waals surface area contributed by atoms with Crippen molar-refractivity contribution in [3.05, 3.63) is 119 Å². The first-order valence-corrected chi connectivity index (χ1v) is 41.6. The van der Waals surface area contributed by atoms with E-state index in [2.05, 4.69) is 59.6 Å². The molecular weight excluding hydrogens is 1430 g/mol. The predicted octanol–water partition coefficient (Wildman–Crippen LogP) is 14.3. The third-order valence-electron chi connectivity index (χ3n) is 17.7. The van der Waals surface area contributed by atoms with Gasteiger partial charge < -0.3 is 60.6 Å². The molecule has 0 radical (unpaired) electrons. The van der Waals surface area contributed by atoms with Crippen LogP contribution in [0.3, 0.4) is 0 Å². The van der Waals surface area contributed by atoms with Crippen molar-refractivity contribution in [2.24, 2.45) is 0 Å². The number of rotatable bonds is 56. The summed E-state index contributed by atoms with van der Waals surface area (Å²) in [4.78, 5) is 166. The van der Waals surface area contributed by atoms with Gasteiger partial charge in [0.1, 0.15) is 24.2 Å². The molecule has 24 nitrogen and oxygen atoms in total. The zero-order valence-electron chi connectivity index (χ0n) is 65.5. The quantitative estimate of drug-likeness (QED) is 0.0136. The summed E-state index contributed by atoms with van der Waals surface area (Å²) in [5, 5.41) is 16.0. The van der Waals surface area contributed by atoms with Crippen LogP contribution < -0.4 is 41.7 Å². The lowest BCUT2D eigenvalue weighted by atomic mass is 10.1. The van der Waals surface area contributed by atoms with Crippen molar-refractivity contribution in [2.45, 2.75) is 240 Å². The Bertz CT molecular complexity index is 3120. The van der Waals surface area contributed by atoms with Gasteiger partial charge in [0, 0.05) is 58.1 Å². The van der Waals surface area contributed by atoms with Crippen molar-refractivity contribution in [1.29, 1.82) is 0 Å². The molecule has 4 atom stereocenters. The van der Waals surface area contributed by atoms with Crippen molar-refractivity contribution in [1.82, 2.24) is 21.3 Å². The summed E-state index contributed by atoms with van der Waals surface area (Å²) < 4.78 is 21.8. The van der Waals surface area contributed by atoms with Crippen molar-refractivity contribution in [3.8, 4) is 0 Å². The predicted molar refractivity (Wildman–Crippen MR) is 432 cm³/mol. The van der Waals surface area contributed by atoms with Crippen LogP contribution >= 0.6 is 23.5 Å². The molecule has 4 aromatic carbocycles. The summed E-state index contributed by atoms with van der Waals surface area (Å²) in [5.74, 6) is -8.13. The van der Waals surface area contributed by atoms with E-state index < -0.39 is 83.5 Å². The minimum atomic E-state index is -1.06. The molecule has 6 N–H and O–H groups in total. The number of esters is 4. The van der Waals surface area contributed by atoms with E-state index in [0.29, 0.717) is 37.1 Å². The molecule has 8 amide bonds. The highest BCUT2D eigenvalue weighted by molar-refractivity contribution is 8.00. The number of carbonyl (C=O) groups excluding carboxylic acids is 12. The van der Waals surface area contributed by atoms with Crippen LogP contribution in [0.1, 0.15) is 257 Å². The standard InChI is InChI=1S/C83H120N8O16S2/c1-9-13-17-21-25-35-46-104-80(100)60(5)84-76(96)64-50-65(77(97)85-61(6)81(101)105-47-36-26-22-18-14-10-2)53-68(52-64)88-72(92)56-108-58-74(94)90(70-40-31-29-32-41-70)44-39-45-91(71-42-33-30-34-43-71)75(95)59-109-57-73(93)89-69-54-66(78(98)86-62(7)82(102)106-48-37-27-23-19-15-11-3)51-67(55-69)79(99)87-63(8)83(103)107-49-38-28-24-20-16-12-4/h29-34,40-43,50-55,60-63H,9-28,35-39,44-49,56-59H2,1-8H3,(H,84,96)(H,85,97)(H,86,98)(H,87,99)(H,88,92)(H,89,93)/t60-,61-,62-,63-/m0/s1. The lowest BCUT2D eigenvalue weighted by Crippen LogP contribution is -2.40. The van der Waals surface area contributed by atoms with Gasteiger partial charge in [-0.1, -0.05) is 193 Å². The number of nitrogens with one attached hydrogen (secondary N) is 6. The van der Waals surface area contributed by atoms with Crippen LogP contribution in [0.25, 0.3) is 0 Å². The van der Waals surface area contributed by atoms with Crippen LogP contribution in [0.5, 0.6) is 0 Å². The van der Waals surface area contributed by atoms with E-state index in [9.17, 15) is 57.5 Å². The number of carbonyl (C=O) groups is 12. The lowest BCUT2D eigenvalue weighted by Gasteiger charge is -2.26. The maximum Gasteiger partial charge on any atom is 0.328 e. The number of ether oxygens (including phenoxy) is 4. The van der Waals surface area contributed by atoms with Gasteiger partial charge in [-0.2, -0.15) is 0 Å². The van der Waals surface area contributed by atoms with Crippen molar-refractivity contribution in [3.63, 3.8) is 0 Å². The molecule has 0 aliphatic heterocycles. The fourth-order valence-electron chi connectivity index (χ4n) is 11.4. The molecule has 0 heterocycles. The molecule has 0 bridgehead atoms. The Labute approximate surface area is 654 Å². The first-order valence-electron chi connectivity index (χ1n) is 39.2. The Kier molecular flexibility index (Phi) is 46.5. The van der Waals surface area contributed by atoms with Crippen molar-refractivity contribution < 1.29 is 76.5 Å². The zero-order valence-corrected chi connectivity index (χ0v) is 67.2. The molecule has 0 saturated carbocycles.